The van der Waals surface area contributed by atoms with E-state index in [0.29, 0.717) is 0 Å². The Bertz CT molecular complexity index is 506. The highest BCUT2D eigenvalue weighted by molar-refractivity contribution is 7.94. The van der Waals surface area contributed by atoms with Crippen molar-refractivity contribution >= 4 is 21.8 Å². The van der Waals surface area contributed by atoms with Gasteiger partial charge >= 0.3 is 5.97 Å². The van der Waals surface area contributed by atoms with Crippen LogP contribution in [0.25, 0.3) is 0 Å². The Hall–Kier alpha value is -1.57. The molecule has 1 unspecified atom stereocenters. The highest BCUT2D eigenvalue weighted by Crippen LogP contribution is 2.16. The first-order valence-electron chi connectivity index (χ1n) is 5.03. The van der Waals surface area contributed by atoms with Gasteiger partial charge in [-0.25, -0.2) is 13.1 Å². The standard InChI is InChI=1S/C9H15N3O4S/c1-6(2)12-8(4-5-10-12)11-17(15,16)7(3)9(13)14/h4-7,11H,1-3H3,(H,13,14). The number of nitrogens with zero attached hydrogens (tertiary/aromatic N) is 2. The van der Waals surface area contributed by atoms with Crippen molar-refractivity contribution in [2.24, 2.45) is 0 Å². The molecule has 0 saturated carbocycles. The highest BCUT2D eigenvalue weighted by Gasteiger charge is 2.28. The molecule has 0 aromatic carbocycles. The van der Waals surface area contributed by atoms with Gasteiger partial charge < -0.3 is 5.11 Å². The largest absolute Gasteiger partial charge is 0.480 e. The lowest BCUT2D eigenvalue weighted by molar-refractivity contribution is -0.136. The lowest BCUT2D eigenvalue weighted by Crippen LogP contribution is -2.32. The van der Waals surface area contributed by atoms with E-state index in [1.165, 1.54) is 16.9 Å². The number of nitrogens with one attached hydrogen (secondary N) is 1. The predicted molar refractivity (Wildman–Crippen MR) is 62.3 cm³/mol. The van der Waals surface area contributed by atoms with Crippen molar-refractivity contribution in [1.82, 2.24) is 9.78 Å². The summed E-state index contributed by atoms with van der Waals surface area (Å²) in [5.74, 6) is -1.14. The van der Waals surface area contributed by atoms with Crippen LogP contribution in [-0.4, -0.2) is 34.5 Å². The summed E-state index contributed by atoms with van der Waals surface area (Å²) in [6, 6.07) is 1.45. The molecule has 0 bridgehead atoms. The summed E-state index contributed by atoms with van der Waals surface area (Å²) in [5.41, 5.74) is 0. The zero-order valence-corrected chi connectivity index (χ0v) is 10.6. The minimum atomic E-state index is -3.95. The van der Waals surface area contributed by atoms with Crippen molar-refractivity contribution in [3.63, 3.8) is 0 Å². The van der Waals surface area contributed by atoms with Crippen molar-refractivity contribution in [3.05, 3.63) is 12.3 Å². The van der Waals surface area contributed by atoms with Gasteiger partial charge in [0.1, 0.15) is 5.82 Å². The van der Waals surface area contributed by atoms with Crippen molar-refractivity contribution in [2.75, 3.05) is 4.72 Å². The third-order valence-corrected chi connectivity index (χ3v) is 3.85. The van der Waals surface area contributed by atoms with E-state index in [2.05, 4.69) is 9.82 Å². The second-order valence-electron chi connectivity index (χ2n) is 3.88. The first-order valence-corrected chi connectivity index (χ1v) is 6.58. The number of carboxylic acids is 1. The maximum absolute atomic E-state index is 11.7. The van der Waals surface area contributed by atoms with E-state index in [9.17, 15) is 13.2 Å². The summed E-state index contributed by atoms with van der Waals surface area (Å²) < 4.78 is 27.0. The van der Waals surface area contributed by atoms with E-state index in [-0.39, 0.29) is 11.9 Å². The van der Waals surface area contributed by atoms with Gasteiger partial charge in [0.05, 0.1) is 6.20 Å². The van der Waals surface area contributed by atoms with Crippen LogP contribution < -0.4 is 4.72 Å². The van der Waals surface area contributed by atoms with E-state index in [1.807, 2.05) is 13.8 Å². The number of carbonyl (C=O) groups is 1. The molecule has 2 N–H and O–H groups in total. The van der Waals surface area contributed by atoms with E-state index >= 15 is 0 Å². The molecule has 0 amide bonds. The summed E-state index contributed by atoms with van der Waals surface area (Å²) in [5, 5.41) is 11.1. The van der Waals surface area contributed by atoms with E-state index in [0.717, 1.165) is 6.92 Å². The van der Waals surface area contributed by atoms with Gasteiger partial charge in [-0.05, 0) is 20.8 Å². The number of aromatic nitrogens is 2. The fraction of sp³-hybridized carbons (Fsp3) is 0.556. The molecule has 96 valence electrons. The molecule has 1 aromatic heterocycles. The summed E-state index contributed by atoms with van der Waals surface area (Å²) in [4.78, 5) is 10.7. The van der Waals surface area contributed by atoms with Crippen LogP contribution >= 0.6 is 0 Å². The molecular weight excluding hydrogens is 246 g/mol. The number of anilines is 1. The maximum Gasteiger partial charge on any atom is 0.323 e. The smallest absolute Gasteiger partial charge is 0.323 e. The van der Waals surface area contributed by atoms with Crippen LogP contribution in [0.5, 0.6) is 0 Å². The lowest BCUT2D eigenvalue weighted by Gasteiger charge is -2.14. The Morgan fingerprint density at radius 1 is 1.47 bits per heavy atom. The molecule has 0 saturated heterocycles. The number of hydrogen-bond acceptors (Lipinski definition) is 4. The quantitative estimate of drug-likeness (QED) is 0.811. The van der Waals surface area contributed by atoms with Crippen molar-refractivity contribution in [3.8, 4) is 0 Å². The summed E-state index contributed by atoms with van der Waals surface area (Å²) in [6.45, 7) is 4.79. The van der Waals surface area contributed by atoms with Crippen LogP contribution in [0.1, 0.15) is 26.8 Å². The first kappa shape index (κ1) is 13.5. The van der Waals surface area contributed by atoms with Gasteiger partial charge in [0, 0.05) is 12.1 Å². The normalized spacial score (nSPS) is 13.6. The van der Waals surface area contributed by atoms with E-state index in [1.54, 1.807) is 0 Å². The van der Waals surface area contributed by atoms with Gasteiger partial charge in [-0.15, -0.1) is 0 Å². The molecule has 0 aliphatic rings. The molecule has 0 spiro atoms. The maximum atomic E-state index is 11.7. The Balaban J connectivity index is 2.99. The number of sulfonamides is 1. The van der Waals surface area contributed by atoms with Gasteiger partial charge in [0.2, 0.25) is 10.0 Å². The molecule has 1 atom stereocenters. The molecule has 1 heterocycles. The summed E-state index contributed by atoms with van der Waals surface area (Å²) in [7, 11) is -3.95. The fourth-order valence-electron chi connectivity index (χ4n) is 1.17. The Morgan fingerprint density at radius 3 is 2.53 bits per heavy atom. The average Bonchev–Trinajstić information content (AvgIpc) is 2.63. The molecule has 0 aliphatic carbocycles. The first-order chi connectivity index (χ1) is 7.75. The van der Waals surface area contributed by atoms with Gasteiger partial charge in [-0.2, -0.15) is 5.10 Å². The van der Waals surface area contributed by atoms with E-state index < -0.39 is 21.2 Å². The van der Waals surface area contributed by atoms with Crippen LogP contribution in [0.3, 0.4) is 0 Å². The molecule has 0 radical (unpaired) electrons. The summed E-state index contributed by atoms with van der Waals surface area (Å²) in [6.07, 6.45) is 1.45. The number of rotatable bonds is 5. The molecule has 17 heavy (non-hydrogen) atoms. The number of aliphatic carboxylic acids is 1. The molecule has 1 rings (SSSR count). The van der Waals surface area contributed by atoms with Crippen LogP contribution in [0.15, 0.2) is 12.3 Å². The Morgan fingerprint density at radius 2 is 2.06 bits per heavy atom. The monoisotopic (exact) mass is 261 g/mol. The predicted octanol–water partition coefficient (Wildman–Crippen LogP) is 0.679. The second kappa shape index (κ2) is 4.74. The lowest BCUT2D eigenvalue weighted by atomic mass is 10.4. The van der Waals surface area contributed by atoms with Crippen LogP contribution in [0, 0.1) is 0 Å². The molecule has 8 heteroatoms. The molecule has 7 nitrogen and oxygen atoms in total. The van der Waals surface area contributed by atoms with Crippen molar-refractivity contribution in [1.29, 1.82) is 0 Å². The van der Waals surface area contributed by atoms with Crippen LogP contribution in [0.4, 0.5) is 5.82 Å². The highest BCUT2D eigenvalue weighted by atomic mass is 32.2. The SMILES string of the molecule is CC(C)n1nccc1NS(=O)(=O)C(C)C(=O)O. The third kappa shape index (κ3) is 2.96. The number of carboxylic acid groups (broad SMARTS) is 1. The zero-order chi connectivity index (χ0) is 13.2. The van der Waals surface area contributed by atoms with Gasteiger partial charge in [0.25, 0.3) is 0 Å². The zero-order valence-electron chi connectivity index (χ0n) is 9.78. The van der Waals surface area contributed by atoms with Crippen LogP contribution in [-0.2, 0) is 14.8 Å². The average molecular weight is 261 g/mol. The third-order valence-electron chi connectivity index (χ3n) is 2.22. The number of hydrogen-bond donors (Lipinski definition) is 2. The van der Waals surface area contributed by atoms with E-state index in [4.69, 9.17) is 5.11 Å². The van der Waals surface area contributed by atoms with Crippen LogP contribution in [0.2, 0.25) is 0 Å². The fourth-order valence-corrected chi connectivity index (χ4v) is 2.07. The molecule has 0 aliphatic heterocycles. The van der Waals surface area contributed by atoms with Gasteiger partial charge in [-0.3, -0.25) is 9.52 Å². The Labute approximate surface area is 99.5 Å². The molecule has 0 fully saturated rings. The van der Waals surface area contributed by atoms with Crippen molar-refractivity contribution in [2.45, 2.75) is 32.1 Å². The Kier molecular flexibility index (Phi) is 3.76. The minimum Gasteiger partial charge on any atom is -0.480 e. The van der Waals surface area contributed by atoms with Gasteiger partial charge in [0.15, 0.2) is 5.25 Å². The minimum absolute atomic E-state index is 0.0252. The van der Waals surface area contributed by atoms with Gasteiger partial charge in [-0.1, -0.05) is 0 Å². The molecular formula is C9H15N3O4S. The van der Waals surface area contributed by atoms with Crippen molar-refractivity contribution < 1.29 is 18.3 Å². The second-order valence-corrected chi connectivity index (χ2v) is 5.88. The summed E-state index contributed by atoms with van der Waals surface area (Å²) >= 11 is 0. The molecule has 1 aromatic rings. The topological polar surface area (TPSA) is 101 Å².